The number of nitrogens with zero attached hydrogens (tertiary/aromatic N) is 1. The maximum Gasteiger partial charge on any atom is 0.0791 e. The minimum absolute atomic E-state index is 0.260. The molecule has 1 saturated carbocycles. The molecule has 0 spiro atoms. The maximum atomic E-state index is 9.88. The highest BCUT2D eigenvalue weighted by Crippen LogP contribution is 2.26. The first-order chi connectivity index (χ1) is 7.77. The molecule has 2 N–H and O–H groups in total. The van der Waals surface area contributed by atoms with Gasteiger partial charge in [-0.1, -0.05) is 6.92 Å². The van der Waals surface area contributed by atoms with Gasteiger partial charge in [-0.05, 0) is 25.8 Å². The Morgan fingerprint density at radius 1 is 1.50 bits per heavy atom. The third kappa shape index (κ3) is 5.80. The van der Waals surface area contributed by atoms with Gasteiger partial charge in [-0.2, -0.15) is 0 Å². The Kier molecular flexibility index (Phi) is 6.96. The zero-order chi connectivity index (χ0) is 11.8. The van der Waals surface area contributed by atoms with Gasteiger partial charge in [-0.3, -0.25) is 4.90 Å². The monoisotopic (exact) mass is 230 g/mol. The Morgan fingerprint density at radius 3 is 2.81 bits per heavy atom. The fourth-order valence-electron chi connectivity index (χ4n) is 1.85. The lowest BCUT2D eigenvalue weighted by Crippen LogP contribution is -2.41. The van der Waals surface area contributed by atoms with Crippen LogP contribution in [-0.4, -0.2) is 62.0 Å². The third-order valence-electron chi connectivity index (χ3n) is 2.90. The zero-order valence-corrected chi connectivity index (χ0v) is 10.6. The fourth-order valence-corrected chi connectivity index (χ4v) is 1.85. The summed E-state index contributed by atoms with van der Waals surface area (Å²) in [5.41, 5.74) is 0. The Bertz CT molecular complexity index is 174. The van der Waals surface area contributed by atoms with Crippen LogP contribution in [0.25, 0.3) is 0 Å². The van der Waals surface area contributed by atoms with E-state index < -0.39 is 0 Å². The van der Waals surface area contributed by atoms with E-state index in [-0.39, 0.29) is 6.10 Å². The van der Waals surface area contributed by atoms with Crippen LogP contribution >= 0.6 is 0 Å². The summed E-state index contributed by atoms with van der Waals surface area (Å²) < 4.78 is 5.09. The molecular weight excluding hydrogens is 204 g/mol. The van der Waals surface area contributed by atoms with Crippen LogP contribution in [-0.2, 0) is 4.74 Å². The number of rotatable bonds is 10. The molecule has 0 aliphatic heterocycles. The highest BCUT2D eigenvalue weighted by Gasteiger charge is 2.29. The molecule has 1 atom stereocenters. The van der Waals surface area contributed by atoms with Gasteiger partial charge in [0, 0.05) is 32.8 Å². The normalized spacial score (nSPS) is 18.0. The van der Waals surface area contributed by atoms with Crippen LogP contribution in [0.1, 0.15) is 26.2 Å². The van der Waals surface area contributed by atoms with Crippen molar-refractivity contribution in [3.8, 4) is 0 Å². The zero-order valence-electron chi connectivity index (χ0n) is 10.6. The second-order valence-electron chi connectivity index (χ2n) is 4.58. The number of ether oxygens (including phenoxy) is 1. The molecule has 0 bridgehead atoms. The van der Waals surface area contributed by atoms with E-state index in [9.17, 15) is 5.11 Å². The Balaban J connectivity index is 2.14. The second kappa shape index (κ2) is 8.01. The van der Waals surface area contributed by atoms with E-state index in [4.69, 9.17) is 4.74 Å². The molecule has 0 heterocycles. The number of aliphatic hydroxyl groups excluding tert-OH is 1. The molecule has 0 aromatic rings. The van der Waals surface area contributed by atoms with Crippen LogP contribution in [0, 0.1) is 0 Å². The van der Waals surface area contributed by atoms with E-state index in [0.717, 1.165) is 32.7 Å². The molecule has 0 amide bonds. The van der Waals surface area contributed by atoms with Crippen molar-refractivity contribution in [3.63, 3.8) is 0 Å². The summed E-state index contributed by atoms with van der Waals surface area (Å²) in [6.45, 7) is 6.28. The van der Waals surface area contributed by atoms with Crippen molar-refractivity contribution in [2.24, 2.45) is 0 Å². The van der Waals surface area contributed by atoms with Gasteiger partial charge in [0.15, 0.2) is 0 Å². The molecule has 1 aliphatic carbocycles. The van der Waals surface area contributed by atoms with Crippen LogP contribution in [0.15, 0.2) is 0 Å². The van der Waals surface area contributed by atoms with E-state index in [2.05, 4.69) is 17.1 Å². The first-order valence-electron chi connectivity index (χ1n) is 6.39. The molecule has 4 nitrogen and oxygen atoms in total. The van der Waals surface area contributed by atoms with Gasteiger partial charge in [0.2, 0.25) is 0 Å². The summed E-state index contributed by atoms with van der Waals surface area (Å²) in [7, 11) is 1.73. The Hall–Kier alpha value is -0.160. The largest absolute Gasteiger partial charge is 0.390 e. The molecular formula is C12H26N2O2. The highest BCUT2D eigenvalue weighted by atomic mass is 16.5. The first kappa shape index (κ1) is 13.9. The molecule has 0 saturated heterocycles. The molecule has 16 heavy (non-hydrogen) atoms. The number of hydrogen-bond acceptors (Lipinski definition) is 4. The SMILES string of the molecule is CCCNCC(O)CN(CCOC)C1CC1. The van der Waals surface area contributed by atoms with Crippen molar-refractivity contribution in [2.45, 2.75) is 38.3 Å². The summed E-state index contributed by atoms with van der Waals surface area (Å²) in [5.74, 6) is 0. The lowest BCUT2D eigenvalue weighted by molar-refractivity contribution is 0.0843. The van der Waals surface area contributed by atoms with Crippen LogP contribution < -0.4 is 5.32 Å². The number of nitrogens with one attached hydrogen (secondary N) is 1. The predicted molar refractivity (Wildman–Crippen MR) is 65.6 cm³/mol. The molecule has 1 aliphatic rings. The Labute approximate surface area is 99.0 Å². The summed E-state index contributed by atoms with van der Waals surface area (Å²) in [5, 5.41) is 13.1. The van der Waals surface area contributed by atoms with Crippen molar-refractivity contribution in [2.75, 3.05) is 39.9 Å². The van der Waals surface area contributed by atoms with Crippen molar-refractivity contribution >= 4 is 0 Å². The standard InChI is InChI=1S/C12H26N2O2/c1-3-6-13-9-12(15)10-14(7-8-16-2)11-4-5-11/h11-13,15H,3-10H2,1-2H3. The van der Waals surface area contributed by atoms with Crippen LogP contribution in [0.2, 0.25) is 0 Å². The lowest BCUT2D eigenvalue weighted by atomic mass is 10.3. The summed E-state index contributed by atoms with van der Waals surface area (Å²) in [6, 6.07) is 0.691. The quantitative estimate of drug-likeness (QED) is 0.535. The third-order valence-corrected chi connectivity index (χ3v) is 2.90. The van der Waals surface area contributed by atoms with Crippen LogP contribution in [0.3, 0.4) is 0 Å². The Morgan fingerprint density at radius 2 is 2.25 bits per heavy atom. The van der Waals surface area contributed by atoms with E-state index in [0.29, 0.717) is 12.6 Å². The van der Waals surface area contributed by atoms with Crippen molar-refractivity contribution in [3.05, 3.63) is 0 Å². The number of aliphatic hydroxyl groups is 1. The van der Waals surface area contributed by atoms with Gasteiger partial charge >= 0.3 is 0 Å². The van der Waals surface area contributed by atoms with Crippen LogP contribution in [0.4, 0.5) is 0 Å². The average Bonchev–Trinajstić information content (AvgIpc) is 3.08. The lowest BCUT2D eigenvalue weighted by Gasteiger charge is -2.24. The summed E-state index contributed by atoms with van der Waals surface area (Å²) in [6.07, 6.45) is 3.41. The van der Waals surface area contributed by atoms with E-state index in [1.54, 1.807) is 7.11 Å². The van der Waals surface area contributed by atoms with Crippen molar-refractivity contribution < 1.29 is 9.84 Å². The van der Waals surface area contributed by atoms with Gasteiger partial charge in [-0.25, -0.2) is 0 Å². The van der Waals surface area contributed by atoms with Crippen molar-refractivity contribution in [1.82, 2.24) is 10.2 Å². The minimum atomic E-state index is -0.260. The predicted octanol–water partition coefficient (Wildman–Crippen LogP) is 0.458. The second-order valence-corrected chi connectivity index (χ2v) is 4.58. The topological polar surface area (TPSA) is 44.7 Å². The summed E-state index contributed by atoms with van der Waals surface area (Å²) >= 11 is 0. The molecule has 0 radical (unpaired) electrons. The van der Waals surface area contributed by atoms with Gasteiger partial charge in [-0.15, -0.1) is 0 Å². The van der Waals surface area contributed by atoms with Gasteiger partial charge in [0.25, 0.3) is 0 Å². The van der Waals surface area contributed by atoms with Crippen LogP contribution in [0.5, 0.6) is 0 Å². The average molecular weight is 230 g/mol. The highest BCUT2D eigenvalue weighted by molar-refractivity contribution is 4.85. The molecule has 96 valence electrons. The molecule has 1 rings (SSSR count). The van der Waals surface area contributed by atoms with E-state index in [1.807, 2.05) is 0 Å². The molecule has 1 unspecified atom stereocenters. The first-order valence-corrected chi connectivity index (χ1v) is 6.39. The fraction of sp³-hybridized carbons (Fsp3) is 1.00. The van der Waals surface area contributed by atoms with E-state index >= 15 is 0 Å². The summed E-state index contributed by atoms with van der Waals surface area (Å²) in [4.78, 5) is 2.35. The smallest absolute Gasteiger partial charge is 0.0791 e. The van der Waals surface area contributed by atoms with Gasteiger partial charge in [0.05, 0.1) is 12.7 Å². The molecule has 0 aromatic heterocycles. The van der Waals surface area contributed by atoms with Crippen molar-refractivity contribution in [1.29, 1.82) is 0 Å². The molecule has 1 fully saturated rings. The minimum Gasteiger partial charge on any atom is -0.390 e. The molecule has 0 aromatic carbocycles. The van der Waals surface area contributed by atoms with Gasteiger partial charge in [0.1, 0.15) is 0 Å². The van der Waals surface area contributed by atoms with E-state index in [1.165, 1.54) is 12.8 Å². The molecule has 4 heteroatoms. The number of methoxy groups -OCH3 is 1. The number of hydrogen-bond donors (Lipinski definition) is 2. The maximum absolute atomic E-state index is 9.88. The van der Waals surface area contributed by atoms with Gasteiger partial charge < -0.3 is 15.2 Å².